The van der Waals surface area contributed by atoms with Gasteiger partial charge in [0.05, 0.1) is 5.75 Å². The lowest BCUT2D eigenvalue weighted by molar-refractivity contribution is 0.481. The van der Waals surface area contributed by atoms with Crippen LogP contribution in [0.1, 0.15) is 12.8 Å². The highest BCUT2D eigenvalue weighted by Gasteiger charge is 2.03. The van der Waals surface area contributed by atoms with Crippen LogP contribution in [0.3, 0.4) is 0 Å². The summed E-state index contributed by atoms with van der Waals surface area (Å²) < 4.78 is 29.9. The fourth-order valence-electron chi connectivity index (χ4n) is 0.911. The largest absolute Gasteiger partial charge is 0.336 e. The average molecular weight is 300 g/mol. The van der Waals surface area contributed by atoms with E-state index in [0.29, 0.717) is 11.2 Å². The highest BCUT2D eigenvalue weighted by atomic mass is 33.1. The second-order valence-electron chi connectivity index (χ2n) is 3.01. The lowest BCUT2D eigenvalue weighted by Gasteiger charge is -1.98. The number of hydrogen-bond acceptors (Lipinski definition) is 5. The monoisotopic (exact) mass is 300 g/mol. The topological polar surface area (TPSA) is 85.9 Å². The maximum Gasteiger partial charge on any atom is 0.264 e. The van der Waals surface area contributed by atoms with Gasteiger partial charge in [-0.15, -0.1) is 0 Å². The number of imidazole rings is 1. The van der Waals surface area contributed by atoms with E-state index >= 15 is 0 Å². The van der Waals surface area contributed by atoms with Gasteiger partial charge in [-0.3, -0.25) is 4.55 Å². The predicted octanol–water partition coefficient (Wildman–Crippen LogP) is 2.48. The van der Waals surface area contributed by atoms with E-state index in [2.05, 4.69) is 9.97 Å². The molecule has 0 unspecified atom stereocenters. The van der Waals surface area contributed by atoms with Crippen molar-refractivity contribution in [2.24, 2.45) is 0 Å². The van der Waals surface area contributed by atoms with Gasteiger partial charge in [-0.05, 0) is 35.9 Å². The summed E-state index contributed by atoms with van der Waals surface area (Å²) in [5, 5.41) is 0.949. The Labute approximate surface area is 107 Å². The summed E-state index contributed by atoms with van der Waals surface area (Å²) in [7, 11) is -0.638. The van der Waals surface area contributed by atoms with Crippen molar-refractivity contribution in [3.8, 4) is 0 Å². The van der Waals surface area contributed by atoms with Crippen LogP contribution in [0.2, 0.25) is 0 Å². The fraction of sp³-hybridized carbons (Fsp3) is 0.571. The molecule has 0 fully saturated rings. The highest BCUT2D eigenvalue weighted by Crippen LogP contribution is 2.29. The number of unbranched alkanes of at least 4 members (excludes halogenated alkanes) is 1. The van der Waals surface area contributed by atoms with Gasteiger partial charge >= 0.3 is 0 Å². The normalized spacial score (nSPS) is 11.8. The van der Waals surface area contributed by atoms with Gasteiger partial charge in [0, 0.05) is 11.9 Å². The third-order valence-electron chi connectivity index (χ3n) is 1.60. The van der Waals surface area contributed by atoms with E-state index in [1.807, 2.05) is 0 Å². The molecule has 9 heteroatoms. The molecule has 0 atom stereocenters. The molecule has 0 saturated carbocycles. The van der Waals surface area contributed by atoms with E-state index in [0.717, 1.165) is 17.2 Å². The number of aromatic amines is 2. The molecule has 0 spiro atoms. The third-order valence-corrected chi connectivity index (χ3v) is 4.99. The van der Waals surface area contributed by atoms with Crippen molar-refractivity contribution in [3.05, 3.63) is 11.0 Å². The number of aromatic nitrogens is 2. The molecule has 92 valence electrons. The summed E-state index contributed by atoms with van der Waals surface area (Å²) in [6.45, 7) is 0. The van der Waals surface area contributed by atoms with Crippen molar-refractivity contribution in [3.63, 3.8) is 0 Å². The number of hydrogen-bond donors (Lipinski definition) is 3. The molecule has 0 amide bonds. The van der Waals surface area contributed by atoms with Gasteiger partial charge in [-0.2, -0.15) is 8.42 Å². The van der Waals surface area contributed by atoms with Crippen LogP contribution in [-0.4, -0.2) is 34.4 Å². The van der Waals surface area contributed by atoms with E-state index in [4.69, 9.17) is 16.8 Å². The molecular formula is C7H12N2O3S4. The maximum atomic E-state index is 10.4. The van der Waals surface area contributed by atoms with Crippen LogP contribution < -0.4 is 0 Å². The van der Waals surface area contributed by atoms with Crippen LogP contribution in [0.15, 0.2) is 11.2 Å². The second-order valence-corrected chi connectivity index (χ2v) is 7.44. The first-order valence-corrected chi connectivity index (χ1v) is 8.83. The Kier molecular flexibility index (Phi) is 5.90. The zero-order chi connectivity index (χ0) is 12.0. The van der Waals surface area contributed by atoms with Gasteiger partial charge in [0.1, 0.15) is 5.03 Å². The lowest BCUT2D eigenvalue weighted by Crippen LogP contribution is -2.03. The third kappa shape index (κ3) is 6.59. The molecule has 0 aromatic carbocycles. The Morgan fingerprint density at radius 1 is 1.44 bits per heavy atom. The molecule has 0 aliphatic rings. The molecule has 16 heavy (non-hydrogen) atoms. The number of nitrogens with one attached hydrogen (secondary N) is 2. The molecule has 0 radical (unpaired) electrons. The van der Waals surface area contributed by atoms with Gasteiger partial charge in [0.25, 0.3) is 10.1 Å². The standard InChI is InChI=1S/C7H12N2O3S4/c10-16(11,12)4-2-1-3-14-15-6-5-8-7(13)9-6/h5H,1-4H2,(H2,8,9,13)(H,10,11,12). The predicted molar refractivity (Wildman–Crippen MR) is 69.9 cm³/mol. The molecule has 5 nitrogen and oxygen atoms in total. The quantitative estimate of drug-likeness (QED) is 0.310. The summed E-state index contributed by atoms with van der Waals surface area (Å²) in [6.07, 6.45) is 3.02. The van der Waals surface area contributed by atoms with Crippen LogP contribution >= 0.6 is 33.8 Å². The molecule has 0 saturated heterocycles. The van der Waals surface area contributed by atoms with E-state index in [-0.39, 0.29) is 5.75 Å². The molecule has 1 rings (SSSR count). The first-order chi connectivity index (χ1) is 7.47. The van der Waals surface area contributed by atoms with Gasteiger partial charge in [0.2, 0.25) is 0 Å². The smallest absolute Gasteiger partial charge is 0.264 e. The maximum absolute atomic E-state index is 10.4. The van der Waals surface area contributed by atoms with E-state index in [9.17, 15) is 8.42 Å². The molecule has 0 bridgehead atoms. The SMILES string of the molecule is O=S(=O)(O)CCCCSSc1c[nH]c(=S)[nH]1. The molecule has 0 aliphatic heterocycles. The summed E-state index contributed by atoms with van der Waals surface area (Å²) in [4.78, 5) is 5.81. The van der Waals surface area contributed by atoms with Crippen molar-refractivity contribution >= 4 is 43.9 Å². The fourth-order valence-corrected chi connectivity index (χ4v) is 3.75. The van der Waals surface area contributed by atoms with Crippen LogP contribution in [0, 0.1) is 4.77 Å². The molecule has 1 heterocycles. The van der Waals surface area contributed by atoms with Gasteiger partial charge < -0.3 is 9.97 Å². The summed E-state index contributed by atoms with van der Waals surface area (Å²) in [5.41, 5.74) is 0. The zero-order valence-corrected chi connectivity index (χ0v) is 11.6. The number of rotatable bonds is 7. The van der Waals surface area contributed by atoms with Crippen molar-refractivity contribution < 1.29 is 13.0 Å². The van der Waals surface area contributed by atoms with Crippen LogP contribution in [-0.2, 0) is 10.1 Å². The minimum atomic E-state index is -3.80. The van der Waals surface area contributed by atoms with Crippen molar-refractivity contribution in [1.82, 2.24) is 9.97 Å². The zero-order valence-electron chi connectivity index (χ0n) is 8.30. The molecule has 0 aliphatic carbocycles. The second kappa shape index (κ2) is 6.70. The van der Waals surface area contributed by atoms with Crippen LogP contribution in [0.25, 0.3) is 0 Å². The van der Waals surface area contributed by atoms with Gasteiger partial charge in [-0.25, -0.2) is 0 Å². The Balaban J connectivity index is 2.07. The minimum Gasteiger partial charge on any atom is -0.336 e. The average Bonchev–Trinajstić information content (AvgIpc) is 2.56. The van der Waals surface area contributed by atoms with Crippen LogP contribution in [0.4, 0.5) is 0 Å². The number of H-pyrrole nitrogens is 2. The van der Waals surface area contributed by atoms with Gasteiger partial charge in [-0.1, -0.05) is 10.8 Å². The van der Waals surface area contributed by atoms with Crippen molar-refractivity contribution in [2.75, 3.05) is 11.5 Å². The van der Waals surface area contributed by atoms with E-state index in [1.54, 1.807) is 27.8 Å². The molecule has 1 aromatic heterocycles. The van der Waals surface area contributed by atoms with E-state index in [1.165, 1.54) is 0 Å². The summed E-state index contributed by atoms with van der Waals surface area (Å²) in [5.74, 6) is 0.663. The molecular weight excluding hydrogens is 288 g/mol. The van der Waals surface area contributed by atoms with E-state index < -0.39 is 10.1 Å². The van der Waals surface area contributed by atoms with Crippen LogP contribution in [0.5, 0.6) is 0 Å². The molecule has 3 N–H and O–H groups in total. The molecule has 1 aromatic rings. The Morgan fingerprint density at radius 2 is 2.19 bits per heavy atom. The Bertz CT molecular complexity index is 464. The van der Waals surface area contributed by atoms with Crippen molar-refractivity contribution in [1.29, 1.82) is 0 Å². The summed E-state index contributed by atoms with van der Waals surface area (Å²) in [6, 6.07) is 0. The summed E-state index contributed by atoms with van der Waals surface area (Å²) >= 11 is 4.87. The lowest BCUT2D eigenvalue weighted by atomic mass is 10.4. The first-order valence-electron chi connectivity index (χ1n) is 4.50. The Morgan fingerprint density at radius 3 is 2.75 bits per heavy atom. The first kappa shape index (κ1) is 14.1. The minimum absolute atomic E-state index is 0.162. The van der Waals surface area contributed by atoms with Gasteiger partial charge in [0.15, 0.2) is 4.77 Å². The van der Waals surface area contributed by atoms with Crippen molar-refractivity contribution in [2.45, 2.75) is 17.9 Å². The highest BCUT2D eigenvalue weighted by molar-refractivity contribution is 8.76. The Hall–Kier alpha value is 0.0400.